The molecule has 3 aliphatic heterocycles. The van der Waals surface area contributed by atoms with Gasteiger partial charge in [-0.1, -0.05) is 199 Å². The fourth-order valence-electron chi connectivity index (χ4n) is 19.0. The Balaban J connectivity index is 1.03. The van der Waals surface area contributed by atoms with Crippen molar-refractivity contribution in [2.75, 3.05) is 9.80 Å². The van der Waals surface area contributed by atoms with Crippen LogP contribution in [0.1, 0.15) is 186 Å². The Hall–Kier alpha value is -7.60. The Bertz CT molecular complexity index is 4870. The Morgan fingerprint density at radius 2 is 1.05 bits per heavy atom. The van der Waals surface area contributed by atoms with Crippen LogP contribution in [0.3, 0.4) is 0 Å². The van der Waals surface area contributed by atoms with Crippen LogP contribution in [-0.2, 0) is 32.5 Å². The van der Waals surface area contributed by atoms with Crippen molar-refractivity contribution >= 4 is 94.1 Å². The van der Waals surface area contributed by atoms with Crippen molar-refractivity contribution in [2.24, 2.45) is 0 Å². The van der Waals surface area contributed by atoms with Crippen LogP contribution in [0.4, 0.5) is 28.4 Å². The molecule has 9 aromatic carbocycles. The van der Waals surface area contributed by atoms with Gasteiger partial charge in [0.2, 0.25) is 0 Å². The minimum Gasteiger partial charge on any atom is -0.335 e. The number of fused-ring (bicyclic) bond motifs is 14. The van der Waals surface area contributed by atoms with E-state index in [0.29, 0.717) is 0 Å². The zero-order valence-electron chi connectivity index (χ0n) is 56.6. The highest BCUT2D eigenvalue weighted by Gasteiger charge is 2.62. The molecule has 0 amide bonds. The Morgan fingerprint density at radius 1 is 0.473 bits per heavy atom. The average Bonchev–Trinajstić information content (AvgIpc) is 1.52. The zero-order valence-corrected chi connectivity index (χ0v) is 57.4. The molecule has 2 unspecified atom stereocenters. The molecule has 3 nitrogen and oxygen atoms in total. The Kier molecular flexibility index (Phi) is 12.0. The van der Waals surface area contributed by atoms with Crippen LogP contribution < -0.4 is 26.2 Å². The van der Waals surface area contributed by atoms with Gasteiger partial charge in [-0.25, -0.2) is 0 Å². The van der Waals surface area contributed by atoms with Gasteiger partial charge in [-0.15, -0.1) is 11.3 Å². The highest BCUT2D eigenvalue weighted by molar-refractivity contribution is 7.26. The maximum absolute atomic E-state index is 2.99. The number of hydrogen-bond donors (Lipinski definition) is 0. The molecule has 17 rings (SSSR count). The maximum Gasteiger partial charge on any atom is 0.252 e. The molecule has 0 saturated heterocycles. The third-order valence-corrected chi connectivity index (χ3v) is 25.8. The largest absolute Gasteiger partial charge is 0.335 e. The predicted octanol–water partition coefficient (Wildman–Crippen LogP) is 22.0. The van der Waals surface area contributed by atoms with Gasteiger partial charge < -0.3 is 14.4 Å². The van der Waals surface area contributed by atoms with Crippen LogP contribution >= 0.6 is 11.3 Å². The number of thiophene rings is 1. The minimum atomic E-state index is -0.219. The Morgan fingerprint density at radius 3 is 1.73 bits per heavy atom. The summed E-state index contributed by atoms with van der Waals surface area (Å²) in [6.07, 6.45) is 9.36. The third-order valence-electron chi connectivity index (χ3n) is 24.6. The van der Waals surface area contributed by atoms with E-state index >= 15 is 0 Å². The van der Waals surface area contributed by atoms with E-state index in [2.05, 4.69) is 282 Å². The number of hydrogen-bond acceptors (Lipinski definition) is 3. The molecule has 1 fully saturated rings. The molecule has 0 radical (unpaired) electrons. The molecular formula is C86H88BN3S. The first-order valence-electron chi connectivity index (χ1n) is 34.3. The van der Waals surface area contributed by atoms with Crippen molar-refractivity contribution < 1.29 is 0 Å². The molecule has 11 aromatic rings. The number of aromatic nitrogens is 1. The second kappa shape index (κ2) is 19.0. The summed E-state index contributed by atoms with van der Waals surface area (Å²) in [7, 11) is 0. The van der Waals surface area contributed by atoms with Crippen molar-refractivity contribution in [1.82, 2.24) is 4.57 Å². The maximum atomic E-state index is 2.99. The van der Waals surface area contributed by atoms with Crippen molar-refractivity contribution in [3.8, 4) is 39.1 Å². The summed E-state index contributed by atoms with van der Waals surface area (Å²) in [5.74, 6) is 0. The smallest absolute Gasteiger partial charge is 0.252 e. The van der Waals surface area contributed by atoms with E-state index in [0.717, 1.165) is 25.7 Å². The van der Waals surface area contributed by atoms with Gasteiger partial charge in [0, 0.05) is 49.3 Å². The quantitative estimate of drug-likeness (QED) is 0.154. The Labute approximate surface area is 545 Å². The van der Waals surface area contributed by atoms with Crippen LogP contribution in [0.5, 0.6) is 0 Å². The predicted molar refractivity (Wildman–Crippen MR) is 393 cm³/mol. The fourth-order valence-corrected chi connectivity index (χ4v) is 20.2. The second-order valence-corrected chi connectivity index (χ2v) is 34.0. The van der Waals surface area contributed by atoms with E-state index < -0.39 is 0 Å². The molecule has 0 N–H and O–H groups in total. The van der Waals surface area contributed by atoms with Gasteiger partial charge in [0.25, 0.3) is 6.71 Å². The molecule has 5 heterocycles. The molecule has 0 spiro atoms. The first kappa shape index (κ1) is 57.3. The summed E-state index contributed by atoms with van der Waals surface area (Å²) >= 11 is 1.99. The van der Waals surface area contributed by atoms with Crippen LogP contribution in [0.25, 0.3) is 70.3 Å². The summed E-state index contributed by atoms with van der Waals surface area (Å²) in [4.78, 5) is 5.78. The highest BCUT2D eigenvalue weighted by atomic mass is 32.1. The molecule has 3 aliphatic carbocycles. The lowest BCUT2D eigenvalue weighted by molar-refractivity contribution is 0.195. The van der Waals surface area contributed by atoms with E-state index in [9.17, 15) is 0 Å². The topological polar surface area (TPSA) is 11.4 Å². The van der Waals surface area contributed by atoms with E-state index in [4.69, 9.17) is 0 Å². The van der Waals surface area contributed by atoms with E-state index in [-0.39, 0.29) is 44.7 Å². The lowest BCUT2D eigenvalue weighted by Crippen LogP contribution is -2.64. The number of benzene rings is 9. The van der Waals surface area contributed by atoms with Gasteiger partial charge >= 0.3 is 0 Å². The van der Waals surface area contributed by atoms with Crippen LogP contribution in [0.2, 0.25) is 0 Å². The second-order valence-electron chi connectivity index (χ2n) is 33.0. The van der Waals surface area contributed by atoms with E-state index in [1.807, 2.05) is 11.3 Å². The van der Waals surface area contributed by atoms with Crippen LogP contribution in [0.15, 0.2) is 164 Å². The SMILES string of the molecule is Cc1cc2c(cc1N(c1cc3c4c(c1)-n1c5c(cc(C(C)(C)C)cc5c5sc6ccccc6c51)B4c1cc(-c4cc(-c5ccccc5)cc(-c5ccccc5)c4)cc4c1N3C1(C)CCCCC41C)c1ccc3c(c1C)C(C)(C)CCC3(C)C)C(C)(C)CCC2(C)C. The number of nitrogens with zero attached hydrogens (tertiary/aromatic N) is 3. The molecule has 2 aromatic heterocycles. The minimum absolute atomic E-state index is 0.0150. The van der Waals surface area contributed by atoms with Gasteiger partial charge in [0.1, 0.15) is 0 Å². The summed E-state index contributed by atoms with van der Waals surface area (Å²) in [6, 6.07) is 65.3. The number of aryl methyl sites for hydroxylation is 1. The molecule has 1 saturated carbocycles. The van der Waals surface area contributed by atoms with E-state index in [1.54, 1.807) is 0 Å². The molecule has 2 atom stereocenters. The molecular weight excluding hydrogens is 1120 g/mol. The molecule has 91 heavy (non-hydrogen) atoms. The van der Waals surface area contributed by atoms with E-state index in [1.165, 1.54) is 185 Å². The number of anilines is 5. The third kappa shape index (κ3) is 7.98. The van der Waals surface area contributed by atoms with Gasteiger partial charge in [-0.3, -0.25) is 0 Å². The van der Waals surface area contributed by atoms with Crippen molar-refractivity contribution in [3.05, 3.63) is 208 Å². The van der Waals surface area contributed by atoms with Crippen molar-refractivity contribution in [1.29, 1.82) is 0 Å². The zero-order chi connectivity index (χ0) is 63.0. The lowest BCUT2D eigenvalue weighted by atomic mass is 9.33. The molecule has 0 bridgehead atoms. The molecule has 6 aliphatic rings. The van der Waals surface area contributed by atoms with Gasteiger partial charge in [-0.2, -0.15) is 0 Å². The van der Waals surface area contributed by atoms with Gasteiger partial charge in [-0.05, 0) is 241 Å². The van der Waals surface area contributed by atoms with Gasteiger partial charge in [0.15, 0.2) is 0 Å². The monoisotopic (exact) mass is 1210 g/mol. The summed E-state index contributed by atoms with van der Waals surface area (Å²) in [6.45, 7) is 37.5. The van der Waals surface area contributed by atoms with Gasteiger partial charge in [0.05, 0.1) is 27.0 Å². The fraction of sp³-hybridized carbons (Fsp3) is 0.349. The number of rotatable bonds is 6. The highest BCUT2D eigenvalue weighted by Crippen LogP contribution is 2.63. The van der Waals surface area contributed by atoms with Crippen molar-refractivity contribution in [3.63, 3.8) is 0 Å². The first-order valence-corrected chi connectivity index (χ1v) is 35.1. The molecule has 5 heteroatoms. The molecule has 456 valence electrons. The summed E-state index contributed by atoms with van der Waals surface area (Å²) in [5, 5.41) is 2.72. The summed E-state index contributed by atoms with van der Waals surface area (Å²) in [5.41, 5.74) is 34.0. The average molecular weight is 1210 g/mol. The standard InChI is InChI=1S/C86H88BN3S/c1-51-40-64-65(83(10,11)37-36-82(64,8)9)50-70(51)88(69-33-32-63-74(52(69)2)84(12,13)39-38-81(63,6)7)60-48-71-75-72(49-60)90-78-66(85(14)34-24-25-35-86(85,90)15)44-58(57-42-55(53-26-18-16-19-27-53)41-56(43-57)54-28-20-17-21-29-54)45-67(78)87(75)68-47-59(80(3,4)5)46-62-76(68)89(71)77-61-30-22-23-31-73(61)91-79(62)77/h16-23,26-33,40-50H,24-25,34-39H2,1-15H3. The van der Waals surface area contributed by atoms with Crippen LogP contribution in [-0.4, -0.2) is 16.8 Å². The summed E-state index contributed by atoms with van der Waals surface area (Å²) < 4.78 is 5.54. The first-order chi connectivity index (χ1) is 43.3. The lowest BCUT2D eigenvalue weighted by Gasteiger charge is -2.52. The normalized spacial score (nSPS) is 21.0. The van der Waals surface area contributed by atoms with Crippen molar-refractivity contribution in [2.45, 2.75) is 193 Å². The van der Waals surface area contributed by atoms with Crippen LogP contribution in [0, 0.1) is 13.8 Å².